The summed E-state index contributed by atoms with van der Waals surface area (Å²) in [5.74, 6) is -0.117. The average Bonchev–Trinajstić information content (AvgIpc) is 2.22. The predicted octanol–water partition coefficient (Wildman–Crippen LogP) is 1.63. The lowest BCUT2D eigenvalue weighted by molar-refractivity contribution is -0.126. The first-order valence-corrected chi connectivity index (χ1v) is 5.42. The minimum absolute atomic E-state index is 0.0529. The van der Waals surface area contributed by atoms with E-state index in [4.69, 9.17) is 2.74 Å². The van der Waals surface area contributed by atoms with Gasteiger partial charge in [-0.2, -0.15) is 0 Å². The molecule has 0 aliphatic rings. The van der Waals surface area contributed by atoms with Gasteiger partial charge in [-0.05, 0) is 33.4 Å². The average molecular weight is 227 g/mol. The Bertz CT molecular complexity index is 323. The van der Waals surface area contributed by atoms with Crippen molar-refractivity contribution in [2.75, 3.05) is 14.1 Å². The molecule has 1 N–H and O–H groups in total. The summed E-state index contributed by atoms with van der Waals surface area (Å²) in [5.41, 5.74) is 0. The summed E-state index contributed by atoms with van der Waals surface area (Å²) in [7, 11) is 3.54. The van der Waals surface area contributed by atoms with Crippen molar-refractivity contribution in [1.29, 1.82) is 0 Å². The van der Waals surface area contributed by atoms with Crippen LogP contribution in [0.3, 0.4) is 0 Å². The molecule has 3 nitrogen and oxygen atoms in total. The van der Waals surface area contributed by atoms with Crippen LogP contribution in [0, 0.1) is 5.92 Å². The van der Waals surface area contributed by atoms with Gasteiger partial charge >= 0.3 is 0 Å². The summed E-state index contributed by atoms with van der Waals surface area (Å²) in [6, 6.07) is -0.494. The molecule has 92 valence electrons. The number of allylic oxidation sites excluding steroid dienone is 3. The van der Waals surface area contributed by atoms with Gasteiger partial charge in [0.05, 0.1) is 14.9 Å². The lowest BCUT2D eigenvalue weighted by Gasteiger charge is -2.30. The maximum absolute atomic E-state index is 11.5. The molecular weight excluding hydrogens is 202 g/mol. The molecule has 16 heavy (non-hydrogen) atoms. The first-order valence-electron chi connectivity index (χ1n) is 6.42. The van der Waals surface area contributed by atoms with Crippen LogP contribution in [0.5, 0.6) is 0 Å². The summed E-state index contributed by atoms with van der Waals surface area (Å²) < 4.78 is 13.8. The molecule has 0 heterocycles. The molecule has 0 saturated heterocycles. The maximum atomic E-state index is 11.5. The summed E-state index contributed by atoms with van der Waals surface area (Å²) in [5, 5.41) is 10.1. The van der Waals surface area contributed by atoms with E-state index in [1.165, 1.54) is 13.0 Å². The van der Waals surface area contributed by atoms with E-state index >= 15 is 0 Å². The predicted molar refractivity (Wildman–Crippen MR) is 67.3 cm³/mol. The fourth-order valence-electron chi connectivity index (χ4n) is 1.72. The largest absolute Gasteiger partial charge is 0.391 e. The third kappa shape index (κ3) is 4.73. The lowest BCUT2D eigenvalue weighted by Crippen LogP contribution is -2.47. The van der Waals surface area contributed by atoms with E-state index < -0.39 is 12.1 Å². The number of aliphatic hydroxyl groups is 1. The van der Waals surface area contributed by atoms with Crippen LogP contribution in [0.15, 0.2) is 24.8 Å². The van der Waals surface area contributed by atoms with Crippen LogP contribution in [0.2, 0.25) is 0 Å². The zero-order valence-corrected chi connectivity index (χ0v) is 10.5. The number of ketones is 1. The van der Waals surface area contributed by atoms with Crippen molar-refractivity contribution < 1.29 is 12.6 Å². The quantitative estimate of drug-likeness (QED) is 0.672. The molecule has 0 spiro atoms. The highest BCUT2D eigenvalue weighted by Crippen LogP contribution is 2.16. The van der Waals surface area contributed by atoms with E-state index in [1.807, 2.05) is 6.92 Å². The van der Waals surface area contributed by atoms with E-state index in [0.717, 1.165) is 0 Å². The normalized spacial score (nSPS) is 18.9. The molecule has 0 saturated carbocycles. The number of likely N-dealkylation sites (N-methyl/N-ethyl adjacent to an activating group) is 1. The van der Waals surface area contributed by atoms with E-state index in [2.05, 4.69) is 0 Å². The van der Waals surface area contributed by atoms with Crippen LogP contribution >= 0.6 is 0 Å². The van der Waals surface area contributed by atoms with E-state index in [1.54, 1.807) is 31.1 Å². The van der Waals surface area contributed by atoms with Crippen molar-refractivity contribution in [2.45, 2.75) is 32.4 Å². The standard InChI is InChI=1S/C13H23NO2/c1-6-7-8-9-10(2)13(16)12(11(3)15)14(4)5/h6-8,10,12-13,16H,1,9H2,2-5H3/b8-7+/t10-,12-,13?/m1/s1/i1D2. The van der Waals surface area contributed by atoms with Crippen LogP contribution in [-0.4, -0.2) is 42.0 Å². The Morgan fingerprint density at radius 1 is 1.62 bits per heavy atom. The SMILES string of the molecule is [2H]C([2H])=C/C=C/C[C@@H](C)C(O)[C@@H](C(C)=O)N(C)C. The molecule has 0 rings (SSSR count). The number of Topliss-reactive ketones (excluding diaryl/α,β-unsaturated/α-hetero) is 1. The zero-order chi connectivity index (χ0) is 14.3. The van der Waals surface area contributed by atoms with Crippen LogP contribution in [0.4, 0.5) is 0 Å². The Hall–Kier alpha value is -0.930. The number of carbonyl (C=O) groups is 1. The minimum atomic E-state index is -0.724. The van der Waals surface area contributed by atoms with Gasteiger partial charge in [-0.3, -0.25) is 9.69 Å². The molecule has 0 aromatic rings. The summed E-state index contributed by atoms with van der Waals surface area (Å²) >= 11 is 0. The zero-order valence-electron chi connectivity index (χ0n) is 12.5. The van der Waals surface area contributed by atoms with Crippen molar-refractivity contribution >= 4 is 5.78 Å². The Morgan fingerprint density at radius 3 is 2.69 bits per heavy atom. The summed E-state index contributed by atoms with van der Waals surface area (Å²) in [4.78, 5) is 13.2. The van der Waals surface area contributed by atoms with Crippen molar-refractivity contribution in [3.05, 3.63) is 24.8 Å². The van der Waals surface area contributed by atoms with Crippen molar-refractivity contribution in [3.63, 3.8) is 0 Å². The van der Waals surface area contributed by atoms with Gasteiger partial charge in [0.15, 0.2) is 0 Å². The number of rotatable bonds is 7. The third-order valence-corrected chi connectivity index (χ3v) is 2.62. The van der Waals surface area contributed by atoms with Crippen molar-refractivity contribution in [3.8, 4) is 0 Å². The number of aliphatic hydroxyl groups excluding tert-OH is 1. The van der Waals surface area contributed by atoms with E-state index in [9.17, 15) is 9.90 Å². The van der Waals surface area contributed by atoms with Crippen LogP contribution in [-0.2, 0) is 4.79 Å². The fraction of sp³-hybridized carbons (Fsp3) is 0.615. The van der Waals surface area contributed by atoms with Gasteiger partial charge < -0.3 is 5.11 Å². The monoisotopic (exact) mass is 227 g/mol. The van der Waals surface area contributed by atoms with E-state index in [0.29, 0.717) is 6.42 Å². The van der Waals surface area contributed by atoms with Gasteiger partial charge in [-0.15, -0.1) is 0 Å². The maximum Gasteiger partial charge on any atom is 0.149 e. The first-order chi connectivity index (χ1) is 8.27. The highest BCUT2D eigenvalue weighted by atomic mass is 16.3. The second-order valence-corrected chi connectivity index (χ2v) is 4.32. The van der Waals surface area contributed by atoms with Crippen LogP contribution in [0.25, 0.3) is 0 Å². The number of hydrogen-bond donors (Lipinski definition) is 1. The molecule has 0 aliphatic carbocycles. The van der Waals surface area contributed by atoms with Crippen molar-refractivity contribution in [1.82, 2.24) is 4.90 Å². The highest BCUT2D eigenvalue weighted by molar-refractivity contribution is 5.82. The molecule has 0 amide bonds. The molecule has 0 fully saturated rings. The van der Waals surface area contributed by atoms with E-state index in [-0.39, 0.29) is 18.2 Å². The number of hydrogen-bond acceptors (Lipinski definition) is 3. The molecule has 0 aromatic heterocycles. The summed E-state index contributed by atoms with van der Waals surface area (Å²) in [6.45, 7) is 3.10. The second-order valence-electron chi connectivity index (χ2n) is 4.32. The number of nitrogens with zero attached hydrogens (tertiary/aromatic N) is 1. The molecule has 3 heteroatoms. The van der Waals surface area contributed by atoms with Gasteiger partial charge in [-0.25, -0.2) is 0 Å². The fourth-order valence-corrected chi connectivity index (χ4v) is 1.72. The van der Waals surface area contributed by atoms with Crippen LogP contribution in [0.1, 0.15) is 23.0 Å². The van der Waals surface area contributed by atoms with Gasteiger partial charge in [0, 0.05) is 0 Å². The molecule has 1 unspecified atom stereocenters. The Balaban J connectivity index is 4.48. The Morgan fingerprint density at radius 2 is 2.25 bits per heavy atom. The smallest absolute Gasteiger partial charge is 0.149 e. The minimum Gasteiger partial charge on any atom is -0.391 e. The molecular formula is C13H23NO2. The van der Waals surface area contributed by atoms with Gasteiger partial charge in [0.1, 0.15) is 5.78 Å². The van der Waals surface area contributed by atoms with Crippen molar-refractivity contribution in [2.24, 2.45) is 5.92 Å². The Kier molecular flexibility index (Phi) is 5.31. The van der Waals surface area contributed by atoms with Gasteiger partial charge in [-0.1, -0.05) is 31.7 Å². The van der Waals surface area contributed by atoms with Gasteiger partial charge in [0.2, 0.25) is 0 Å². The molecule has 0 radical (unpaired) electrons. The third-order valence-electron chi connectivity index (χ3n) is 2.62. The lowest BCUT2D eigenvalue weighted by atomic mass is 9.92. The molecule has 0 aliphatic heterocycles. The topological polar surface area (TPSA) is 40.5 Å². The van der Waals surface area contributed by atoms with Gasteiger partial charge in [0.25, 0.3) is 0 Å². The second kappa shape index (κ2) is 7.36. The van der Waals surface area contributed by atoms with Crippen LogP contribution < -0.4 is 0 Å². The molecule has 3 atom stereocenters. The first kappa shape index (κ1) is 11.6. The molecule has 0 bridgehead atoms. The molecule has 0 aromatic carbocycles. The summed E-state index contributed by atoms with van der Waals surface area (Å²) in [6.07, 6.45) is 4.66. The Labute approximate surface area is 101 Å². The highest BCUT2D eigenvalue weighted by Gasteiger charge is 2.29. The number of carbonyl (C=O) groups excluding carboxylic acids is 1.